The van der Waals surface area contributed by atoms with E-state index in [-0.39, 0.29) is 67.7 Å². The number of esters is 2. The predicted octanol–water partition coefficient (Wildman–Crippen LogP) is 4.41. The molecule has 9 nitrogen and oxygen atoms in total. The molecule has 0 amide bonds. The van der Waals surface area contributed by atoms with Crippen LogP contribution in [0, 0.1) is 22.7 Å². The van der Waals surface area contributed by atoms with E-state index in [9.17, 15) is 24.0 Å². The van der Waals surface area contributed by atoms with E-state index in [1.54, 1.807) is 12.2 Å². The maximum absolute atomic E-state index is 12.6. The zero-order valence-corrected chi connectivity index (χ0v) is 22.2. The van der Waals surface area contributed by atoms with Crippen molar-refractivity contribution >= 4 is 29.7 Å². The molecule has 0 radical (unpaired) electrons. The number of hydrogen-bond acceptors (Lipinski definition) is 7. The van der Waals surface area contributed by atoms with Crippen LogP contribution in [0.3, 0.4) is 0 Å². The summed E-state index contributed by atoms with van der Waals surface area (Å²) in [5, 5.41) is 17.9. The van der Waals surface area contributed by atoms with Gasteiger partial charge in [-0.15, -0.1) is 0 Å². The van der Waals surface area contributed by atoms with Crippen LogP contribution in [0.5, 0.6) is 0 Å². The molecular formula is C29H38O9. The minimum Gasteiger partial charge on any atom is -0.481 e. The monoisotopic (exact) mass is 530 g/mol. The van der Waals surface area contributed by atoms with Crippen molar-refractivity contribution < 1.29 is 43.7 Å². The number of carboxylic acid groups (broad SMARTS) is 2. The lowest BCUT2D eigenvalue weighted by Gasteiger charge is -2.60. The van der Waals surface area contributed by atoms with Crippen LogP contribution in [-0.4, -0.2) is 52.6 Å². The minimum absolute atomic E-state index is 0.0398. The van der Waals surface area contributed by atoms with E-state index in [0.717, 1.165) is 18.4 Å². The fraction of sp³-hybridized carbons (Fsp3) is 0.621. The van der Waals surface area contributed by atoms with Gasteiger partial charge in [-0.2, -0.15) is 0 Å². The van der Waals surface area contributed by atoms with Crippen molar-refractivity contribution in [1.29, 1.82) is 0 Å². The van der Waals surface area contributed by atoms with E-state index in [1.807, 2.05) is 13.0 Å². The van der Waals surface area contributed by atoms with Gasteiger partial charge < -0.3 is 19.7 Å². The van der Waals surface area contributed by atoms with Crippen LogP contribution >= 0.6 is 0 Å². The summed E-state index contributed by atoms with van der Waals surface area (Å²) in [6.07, 6.45) is 7.59. The Balaban J connectivity index is 1.88. The van der Waals surface area contributed by atoms with Gasteiger partial charge in [0.1, 0.15) is 18.5 Å². The molecule has 2 unspecified atom stereocenters. The number of carbonyl (C=O) groups is 5. The van der Waals surface area contributed by atoms with Gasteiger partial charge in [-0.3, -0.25) is 19.2 Å². The third-order valence-electron chi connectivity index (χ3n) is 8.78. The van der Waals surface area contributed by atoms with Crippen molar-refractivity contribution in [3.63, 3.8) is 0 Å². The molecule has 3 aliphatic rings. The number of aliphatic carboxylic acids is 2. The average Bonchev–Trinajstić information content (AvgIpc) is 3.26. The first-order valence-electron chi connectivity index (χ1n) is 13.2. The second-order valence-corrected chi connectivity index (χ2v) is 11.2. The Bertz CT molecular complexity index is 1050. The number of ether oxygens (including phenoxy) is 2. The maximum Gasteiger partial charge on any atom is 0.338 e. The largest absolute Gasteiger partial charge is 0.481 e. The van der Waals surface area contributed by atoms with E-state index in [1.165, 1.54) is 0 Å². The van der Waals surface area contributed by atoms with Gasteiger partial charge in [0.15, 0.2) is 0 Å². The first-order chi connectivity index (χ1) is 17.9. The van der Waals surface area contributed by atoms with Gasteiger partial charge in [0.25, 0.3) is 0 Å². The van der Waals surface area contributed by atoms with Crippen LogP contribution in [0.4, 0.5) is 0 Å². The van der Waals surface area contributed by atoms with Crippen LogP contribution in [0.1, 0.15) is 78.1 Å². The summed E-state index contributed by atoms with van der Waals surface area (Å²) < 4.78 is 10.9. The molecule has 0 aromatic heterocycles. The van der Waals surface area contributed by atoms with Gasteiger partial charge in [-0.1, -0.05) is 38.2 Å². The molecule has 5 atom stereocenters. The van der Waals surface area contributed by atoms with Gasteiger partial charge >= 0.3 is 23.9 Å². The highest BCUT2D eigenvalue weighted by Gasteiger charge is 2.58. The summed E-state index contributed by atoms with van der Waals surface area (Å²) in [6.45, 7) is 8.80. The zero-order valence-electron chi connectivity index (χ0n) is 22.2. The van der Waals surface area contributed by atoms with Crippen LogP contribution in [0.2, 0.25) is 0 Å². The first-order valence-corrected chi connectivity index (χ1v) is 13.2. The third-order valence-corrected chi connectivity index (χ3v) is 8.78. The molecule has 1 aliphatic heterocycles. The normalized spacial score (nSPS) is 30.9. The van der Waals surface area contributed by atoms with E-state index >= 15 is 0 Å². The van der Waals surface area contributed by atoms with Crippen molar-refractivity contribution in [1.82, 2.24) is 0 Å². The topological polar surface area (TPSA) is 144 Å². The number of Topliss-reactive ketones (excluding diaryl/α,β-unsaturated/α-hetero) is 1. The van der Waals surface area contributed by atoms with E-state index < -0.39 is 29.4 Å². The minimum atomic E-state index is -1.08. The Kier molecular flexibility index (Phi) is 9.33. The number of carboxylic acids is 2. The maximum atomic E-state index is 12.6. The number of cyclic esters (lactones) is 1. The number of ketones is 1. The molecule has 0 aromatic carbocycles. The quantitative estimate of drug-likeness (QED) is 0.277. The molecule has 2 saturated carbocycles. The van der Waals surface area contributed by atoms with Gasteiger partial charge in [-0.25, -0.2) is 4.79 Å². The molecule has 1 heterocycles. The molecule has 2 N–H and O–H groups in total. The fourth-order valence-corrected chi connectivity index (χ4v) is 6.71. The standard InChI is InChI=1S/C29H38O9/c1-18-4-8-22-28(2,21(18)7-5-19-14-17-37-27(19)36)16-13-23(38-26(35)11-10-25(33)34)29(22,3)15-12-20(30)6-9-24(31)32/h5,7,14,21-23H,1,4,6,8-13,15-17H2,2-3H3,(H,31,32)(H,33,34)/t21?,22?,23-,28+,29+/m1/s1. The van der Waals surface area contributed by atoms with E-state index in [2.05, 4.69) is 13.5 Å². The molecular weight excluding hydrogens is 492 g/mol. The van der Waals surface area contributed by atoms with Crippen molar-refractivity contribution in [3.8, 4) is 0 Å². The lowest BCUT2D eigenvalue weighted by atomic mass is 9.45. The van der Waals surface area contributed by atoms with Crippen LogP contribution in [-0.2, 0) is 33.4 Å². The Morgan fingerprint density at radius 2 is 1.76 bits per heavy atom. The number of rotatable bonds is 12. The molecule has 2 fully saturated rings. The zero-order chi connectivity index (χ0) is 28.1. The average molecular weight is 531 g/mol. The lowest BCUT2D eigenvalue weighted by Crippen LogP contribution is -2.56. The summed E-state index contributed by atoms with van der Waals surface area (Å²) in [7, 11) is 0. The molecule has 0 aromatic rings. The van der Waals surface area contributed by atoms with Crippen molar-refractivity contribution in [3.05, 3.63) is 36.0 Å². The fourth-order valence-electron chi connectivity index (χ4n) is 6.71. The molecule has 0 saturated heterocycles. The number of fused-ring (bicyclic) bond motifs is 1. The van der Waals surface area contributed by atoms with Crippen molar-refractivity contribution in [2.45, 2.75) is 84.2 Å². The van der Waals surface area contributed by atoms with Crippen LogP contribution in [0.15, 0.2) is 36.0 Å². The molecule has 9 heteroatoms. The molecule has 208 valence electrons. The molecule has 0 bridgehead atoms. The Morgan fingerprint density at radius 1 is 1.08 bits per heavy atom. The smallest absolute Gasteiger partial charge is 0.338 e. The van der Waals surface area contributed by atoms with Gasteiger partial charge in [0, 0.05) is 24.2 Å². The highest BCUT2D eigenvalue weighted by molar-refractivity contribution is 5.93. The summed E-state index contributed by atoms with van der Waals surface area (Å²) in [5.74, 6) is -3.19. The third kappa shape index (κ3) is 6.60. The summed E-state index contributed by atoms with van der Waals surface area (Å²) in [5.41, 5.74) is 0.695. The first kappa shape index (κ1) is 29.3. The Labute approximate surface area is 222 Å². The predicted molar refractivity (Wildman–Crippen MR) is 137 cm³/mol. The van der Waals surface area contributed by atoms with Crippen LogP contribution < -0.4 is 0 Å². The number of carbonyl (C=O) groups excluding carboxylic acids is 3. The molecule has 38 heavy (non-hydrogen) atoms. The number of hydrogen-bond donors (Lipinski definition) is 2. The summed E-state index contributed by atoms with van der Waals surface area (Å²) >= 11 is 0. The van der Waals surface area contributed by atoms with Crippen LogP contribution in [0.25, 0.3) is 0 Å². The highest BCUT2D eigenvalue weighted by Crippen LogP contribution is 2.63. The van der Waals surface area contributed by atoms with E-state index in [0.29, 0.717) is 24.8 Å². The van der Waals surface area contributed by atoms with Gasteiger partial charge in [0.05, 0.1) is 24.8 Å². The SMILES string of the molecule is C=C1CCC2[C@@](C)(CC[C@@H](OC(=O)CCC(=O)O)[C@@]2(C)CCC(=O)CCC(=O)O)C1C=CC1=CCOC1=O. The summed E-state index contributed by atoms with van der Waals surface area (Å²) in [6, 6.07) is 0. The van der Waals surface area contributed by atoms with Crippen molar-refractivity contribution in [2.24, 2.45) is 22.7 Å². The van der Waals surface area contributed by atoms with Gasteiger partial charge in [-0.05, 0) is 49.5 Å². The van der Waals surface area contributed by atoms with Crippen molar-refractivity contribution in [2.75, 3.05) is 6.61 Å². The molecule has 2 aliphatic carbocycles. The number of allylic oxidation sites excluding steroid dienone is 2. The van der Waals surface area contributed by atoms with Gasteiger partial charge in [0.2, 0.25) is 0 Å². The second-order valence-electron chi connectivity index (χ2n) is 11.2. The second kappa shape index (κ2) is 12.1. The summed E-state index contributed by atoms with van der Waals surface area (Å²) in [4.78, 5) is 59.0. The molecule has 0 spiro atoms. The highest BCUT2D eigenvalue weighted by atomic mass is 16.5. The lowest BCUT2D eigenvalue weighted by molar-refractivity contribution is -0.180. The Morgan fingerprint density at radius 3 is 2.39 bits per heavy atom. The Hall–Kier alpha value is -3.23. The molecule has 3 rings (SSSR count). The van der Waals surface area contributed by atoms with E-state index in [4.69, 9.17) is 19.7 Å².